The van der Waals surface area contributed by atoms with Crippen molar-refractivity contribution in [1.82, 2.24) is 9.80 Å². The summed E-state index contributed by atoms with van der Waals surface area (Å²) in [6.45, 7) is 2.58. The van der Waals surface area contributed by atoms with E-state index in [0.29, 0.717) is 18.7 Å². The third-order valence-electron chi connectivity index (χ3n) is 5.82. The number of nitro benzene ring substituents is 1. The van der Waals surface area contributed by atoms with Crippen LogP contribution in [0.15, 0.2) is 60.0 Å². The van der Waals surface area contributed by atoms with Crippen LogP contribution in [0.5, 0.6) is 0 Å². The number of hydrogen-bond acceptors (Lipinski definition) is 5. The van der Waals surface area contributed by atoms with Gasteiger partial charge in [-0.2, -0.15) is 0 Å². The fourth-order valence-corrected chi connectivity index (χ4v) is 4.59. The lowest BCUT2D eigenvalue weighted by molar-refractivity contribution is -0.384. The van der Waals surface area contributed by atoms with Gasteiger partial charge in [-0.1, -0.05) is 12.1 Å². The first kappa shape index (κ1) is 23.6. The summed E-state index contributed by atoms with van der Waals surface area (Å²) in [5.41, 5.74) is 2.10. The Labute approximate surface area is 200 Å². The van der Waals surface area contributed by atoms with Gasteiger partial charge in [-0.15, -0.1) is 11.3 Å². The molecule has 4 rings (SSSR count). The second-order valence-corrected chi connectivity index (χ2v) is 9.37. The van der Waals surface area contributed by atoms with Gasteiger partial charge in [0.2, 0.25) is 5.91 Å². The molecule has 1 aliphatic carbocycles. The molecule has 1 fully saturated rings. The van der Waals surface area contributed by atoms with Gasteiger partial charge >= 0.3 is 0 Å². The van der Waals surface area contributed by atoms with Crippen molar-refractivity contribution < 1.29 is 18.9 Å². The van der Waals surface area contributed by atoms with Crippen LogP contribution in [-0.2, 0) is 17.9 Å². The zero-order chi connectivity index (χ0) is 24.2. The quantitative estimate of drug-likeness (QED) is 0.320. The maximum atomic E-state index is 13.4. The summed E-state index contributed by atoms with van der Waals surface area (Å²) in [5, 5.41) is 12.9. The average Bonchev–Trinajstić information content (AvgIpc) is 3.59. The molecule has 176 valence electrons. The molecule has 0 aliphatic heterocycles. The smallest absolute Gasteiger partial charge is 0.269 e. The number of carbonyl (C=O) groups is 2. The second-order valence-electron chi connectivity index (χ2n) is 8.37. The zero-order valence-corrected chi connectivity index (χ0v) is 19.5. The zero-order valence-electron chi connectivity index (χ0n) is 18.6. The SMILES string of the molecule is Cc1ccsc1CN(Cc1ccc(F)cc1)C(=O)CN(C(=O)c1ccc([N+](=O)[O-])cc1)C1CC1. The standard InChI is InChI=1S/C25H24FN3O4S/c1-17-12-13-34-23(17)15-27(14-18-2-6-20(26)7-3-18)24(30)16-28(21-10-11-21)25(31)19-4-8-22(9-5-19)29(32)33/h2-9,12-13,21H,10-11,14-16H2,1H3. The lowest BCUT2D eigenvalue weighted by Gasteiger charge is -2.28. The molecule has 3 aromatic rings. The Morgan fingerprint density at radius 1 is 1.06 bits per heavy atom. The van der Waals surface area contributed by atoms with Gasteiger partial charge in [-0.3, -0.25) is 19.7 Å². The summed E-state index contributed by atoms with van der Waals surface area (Å²) in [6, 6.07) is 13.4. The highest BCUT2D eigenvalue weighted by atomic mass is 32.1. The third kappa shape index (κ3) is 5.66. The van der Waals surface area contributed by atoms with E-state index in [4.69, 9.17) is 0 Å². The lowest BCUT2D eigenvalue weighted by atomic mass is 10.1. The van der Waals surface area contributed by atoms with Gasteiger partial charge in [0.15, 0.2) is 0 Å². The number of thiophene rings is 1. The topological polar surface area (TPSA) is 83.8 Å². The van der Waals surface area contributed by atoms with Crippen LogP contribution >= 0.6 is 11.3 Å². The van der Waals surface area contributed by atoms with Crippen molar-refractivity contribution in [3.8, 4) is 0 Å². The maximum Gasteiger partial charge on any atom is 0.269 e. The first-order chi connectivity index (χ1) is 16.3. The maximum absolute atomic E-state index is 13.4. The minimum Gasteiger partial charge on any atom is -0.332 e. The van der Waals surface area contributed by atoms with Crippen LogP contribution in [0.25, 0.3) is 0 Å². The summed E-state index contributed by atoms with van der Waals surface area (Å²) in [5.74, 6) is -0.872. The Morgan fingerprint density at radius 2 is 1.74 bits per heavy atom. The number of nitro groups is 1. The Kier molecular flexibility index (Phi) is 7.02. The van der Waals surface area contributed by atoms with Crippen LogP contribution in [0.4, 0.5) is 10.1 Å². The largest absolute Gasteiger partial charge is 0.332 e. The Bertz CT molecular complexity index is 1190. The summed E-state index contributed by atoms with van der Waals surface area (Å²) in [6.07, 6.45) is 1.63. The van der Waals surface area contributed by atoms with Crippen molar-refractivity contribution in [2.75, 3.05) is 6.54 Å². The van der Waals surface area contributed by atoms with Crippen molar-refractivity contribution in [3.63, 3.8) is 0 Å². The summed E-state index contributed by atoms with van der Waals surface area (Å²) in [7, 11) is 0. The molecule has 34 heavy (non-hydrogen) atoms. The number of non-ortho nitro benzene ring substituents is 1. The minimum absolute atomic E-state index is 0.0252. The van der Waals surface area contributed by atoms with Crippen LogP contribution in [0.1, 0.15) is 39.2 Å². The molecule has 7 nitrogen and oxygen atoms in total. The first-order valence-corrected chi connectivity index (χ1v) is 11.8. The number of benzene rings is 2. The van der Waals surface area contributed by atoms with Crippen molar-refractivity contribution in [2.24, 2.45) is 0 Å². The molecule has 0 radical (unpaired) electrons. The van der Waals surface area contributed by atoms with Crippen LogP contribution < -0.4 is 0 Å². The molecule has 0 saturated heterocycles. The molecule has 1 aliphatic rings. The van der Waals surface area contributed by atoms with E-state index in [-0.39, 0.29) is 35.9 Å². The lowest BCUT2D eigenvalue weighted by Crippen LogP contribution is -2.43. The Hall–Kier alpha value is -3.59. The van der Waals surface area contributed by atoms with E-state index < -0.39 is 4.92 Å². The number of nitrogens with zero attached hydrogens (tertiary/aromatic N) is 3. The first-order valence-electron chi connectivity index (χ1n) is 10.9. The second kappa shape index (κ2) is 10.1. The van der Waals surface area contributed by atoms with E-state index in [1.165, 1.54) is 36.4 Å². The molecule has 2 aromatic carbocycles. The molecule has 1 saturated carbocycles. The van der Waals surface area contributed by atoms with Gasteiger partial charge in [0.05, 0.1) is 11.5 Å². The van der Waals surface area contributed by atoms with Crippen LogP contribution in [-0.4, -0.2) is 39.1 Å². The van der Waals surface area contributed by atoms with Gasteiger partial charge < -0.3 is 9.80 Å². The number of aryl methyl sites for hydroxylation is 1. The highest BCUT2D eigenvalue weighted by molar-refractivity contribution is 7.10. The monoisotopic (exact) mass is 481 g/mol. The molecular formula is C25H24FN3O4S. The van der Waals surface area contributed by atoms with Crippen molar-refractivity contribution in [1.29, 1.82) is 0 Å². The van der Waals surface area contributed by atoms with Crippen molar-refractivity contribution in [3.05, 3.63) is 97.5 Å². The van der Waals surface area contributed by atoms with E-state index in [1.807, 2.05) is 18.4 Å². The summed E-state index contributed by atoms with van der Waals surface area (Å²) < 4.78 is 13.4. The number of rotatable bonds is 9. The predicted molar refractivity (Wildman–Crippen MR) is 127 cm³/mol. The van der Waals surface area contributed by atoms with Gasteiger partial charge in [-0.05, 0) is 66.6 Å². The Morgan fingerprint density at radius 3 is 2.29 bits per heavy atom. The third-order valence-corrected chi connectivity index (χ3v) is 6.83. The van der Waals surface area contributed by atoms with Gasteiger partial charge in [0, 0.05) is 35.2 Å². The molecule has 1 aromatic heterocycles. The summed E-state index contributed by atoms with van der Waals surface area (Å²) in [4.78, 5) is 41.3. The predicted octanol–water partition coefficient (Wildman–Crippen LogP) is 4.94. The molecule has 0 unspecified atom stereocenters. The van der Waals surface area contributed by atoms with E-state index >= 15 is 0 Å². The van der Waals surface area contributed by atoms with Gasteiger partial charge in [0.25, 0.3) is 11.6 Å². The average molecular weight is 482 g/mol. The molecule has 2 amide bonds. The highest BCUT2D eigenvalue weighted by Gasteiger charge is 2.35. The van der Waals surface area contributed by atoms with Gasteiger partial charge in [0.1, 0.15) is 12.4 Å². The molecule has 1 heterocycles. The number of hydrogen-bond donors (Lipinski definition) is 0. The molecule has 0 spiro atoms. The van der Waals surface area contributed by atoms with E-state index in [0.717, 1.165) is 28.8 Å². The normalized spacial score (nSPS) is 12.9. The van der Waals surface area contributed by atoms with E-state index in [9.17, 15) is 24.1 Å². The number of halogens is 1. The van der Waals surface area contributed by atoms with E-state index in [2.05, 4.69) is 0 Å². The van der Waals surface area contributed by atoms with Crippen molar-refractivity contribution in [2.45, 2.75) is 38.9 Å². The van der Waals surface area contributed by atoms with Crippen molar-refractivity contribution >= 4 is 28.8 Å². The fraction of sp³-hybridized carbons (Fsp3) is 0.280. The molecule has 0 bridgehead atoms. The number of carbonyl (C=O) groups excluding carboxylic acids is 2. The van der Waals surface area contributed by atoms with Crippen LogP contribution in [0, 0.1) is 22.9 Å². The Balaban J connectivity index is 1.53. The van der Waals surface area contributed by atoms with Gasteiger partial charge in [-0.25, -0.2) is 4.39 Å². The van der Waals surface area contributed by atoms with Crippen LogP contribution in [0.3, 0.4) is 0 Å². The number of amides is 2. The summed E-state index contributed by atoms with van der Waals surface area (Å²) >= 11 is 1.56. The molecular weight excluding hydrogens is 457 g/mol. The molecule has 0 N–H and O–H groups in total. The minimum atomic E-state index is -0.518. The van der Waals surface area contributed by atoms with E-state index in [1.54, 1.807) is 33.3 Å². The molecule has 0 atom stereocenters. The molecule has 9 heteroatoms. The fourth-order valence-electron chi connectivity index (χ4n) is 3.67. The highest BCUT2D eigenvalue weighted by Crippen LogP contribution is 2.29. The van der Waals surface area contributed by atoms with Crippen LogP contribution in [0.2, 0.25) is 0 Å².